The van der Waals surface area contributed by atoms with Crippen molar-refractivity contribution in [1.29, 1.82) is 0 Å². The smallest absolute Gasteiger partial charge is 0.216 e. The van der Waals surface area contributed by atoms with Gasteiger partial charge in [-0.3, -0.25) is 0 Å². The van der Waals surface area contributed by atoms with Crippen molar-refractivity contribution in [1.82, 2.24) is 10.0 Å². The number of piperidine rings is 1. The van der Waals surface area contributed by atoms with E-state index in [4.69, 9.17) is 0 Å². The summed E-state index contributed by atoms with van der Waals surface area (Å²) in [6.07, 6.45) is 0.781. The van der Waals surface area contributed by atoms with Gasteiger partial charge in [-0.25, -0.2) is 17.5 Å². The number of halogens is 2. The molecule has 20 heavy (non-hydrogen) atoms. The van der Waals surface area contributed by atoms with Gasteiger partial charge in [0.05, 0.1) is 5.75 Å². The lowest BCUT2D eigenvalue weighted by Gasteiger charge is -2.29. The minimum Gasteiger partial charge on any atom is -0.316 e. The van der Waals surface area contributed by atoms with Crippen molar-refractivity contribution in [3.8, 4) is 0 Å². The zero-order valence-electron chi connectivity index (χ0n) is 11.3. The van der Waals surface area contributed by atoms with Gasteiger partial charge >= 0.3 is 0 Å². The van der Waals surface area contributed by atoms with Crippen LogP contribution in [0.2, 0.25) is 0 Å². The van der Waals surface area contributed by atoms with Crippen LogP contribution in [0.25, 0.3) is 0 Å². The fourth-order valence-corrected chi connectivity index (χ4v) is 3.82. The van der Waals surface area contributed by atoms with Gasteiger partial charge in [-0.15, -0.1) is 12.4 Å². The van der Waals surface area contributed by atoms with Crippen LogP contribution in [0, 0.1) is 11.7 Å². The maximum atomic E-state index is 13.0. The third kappa shape index (κ3) is 5.01. The molecule has 0 saturated carbocycles. The maximum absolute atomic E-state index is 13.0. The minimum absolute atomic E-state index is 0. The van der Waals surface area contributed by atoms with Crippen LogP contribution in [0.3, 0.4) is 0 Å². The van der Waals surface area contributed by atoms with Crippen LogP contribution in [-0.2, 0) is 15.8 Å². The van der Waals surface area contributed by atoms with E-state index in [-0.39, 0.29) is 30.1 Å². The summed E-state index contributed by atoms with van der Waals surface area (Å²) in [7, 11) is -3.43. The molecule has 1 aliphatic heterocycles. The van der Waals surface area contributed by atoms with Crippen molar-refractivity contribution in [3.05, 3.63) is 35.6 Å². The standard InChI is InChI=1S/C13H19FN2O2S.ClH/c1-10-8-15-6-5-13(10)16-19(17,18)9-11-3-2-4-12(14)7-11;/h2-4,7,10,13,15-16H,5-6,8-9H2,1H3;1H. The lowest BCUT2D eigenvalue weighted by Crippen LogP contribution is -2.48. The number of hydrogen-bond acceptors (Lipinski definition) is 3. The van der Waals surface area contributed by atoms with Gasteiger partial charge in [0.15, 0.2) is 0 Å². The number of benzene rings is 1. The summed E-state index contributed by atoms with van der Waals surface area (Å²) in [4.78, 5) is 0. The third-order valence-corrected chi connectivity index (χ3v) is 4.74. The molecule has 1 aliphatic rings. The van der Waals surface area contributed by atoms with Crippen molar-refractivity contribution < 1.29 is 12.8 Å². The predicted octanol–water partition coefficient (Wildman–Crippen LogP) is 1.66. The second kappa shape index (κ2) is 7.36. The molecule has 1 aromatic rings. The number of rotatable bonds is 4. The van der Waals surface area contributed by atoms with Gasteiger partial charge in [0.2, 0.25) is 10.0 Å². The number of nitrogens with one attached hydrogen (secondary N) is 2. The van der Waals surface area contributed by atoms with Crippen molar-refractivity contribution >= 4 is 22.4 Å². The molecule has 0 aromatic heterocycles. The van der Waals surface area contributed by atoms with E-state index in [1.807, 2.05) is 6.92 Å². The summed E-state index contributed by atoms with van der Waals surface area (Å²) < 4.78 is 39.9. The van der Waals surface area contributed by atoms with E-state index in [0.29, 0.717) is 5.56 Å². The Labute approximate surface area is 125 Å². The van der Waals surface area contributed by atoms with Gasteiger partial charge in [-0.05, 0) is 43.1 Å². The molecule has 1 heterocycles. The van der Waals surface area contributed by atoms with E-state index in [0.717, 1.165) is 19.5 Å². The quantitative estimate of drug-likeness (QED) is 0.886. The first-order valence-electron chi connectivity index (χ1n) is 6.41. The summed E-state index contributed by atoms with van der Waals surface area (Å²) >= 11 is 0. The molecule has 2 unspecified atom stereocenters. The van der Waals surface area contributed by atoms with Crippen LogP contribution in [0.1, 0.15) is 18.9 Å². The second-order valence-corrected chi connectivity index (χ2v) is 6.84. The van der Waals surface area contributed by atoms with Crippen molar-refractivity contribution in [2.45, 2.75) is 25.1 Å². The van der Waals surface area contributed by atoms with Crippen LogP contribution in [-0.4, -0.2) is 27.5 Å². The summed E-state index contributed by atoms with van der Waals surface area (Å²) in [5.41, 5.74) is 0.467. The minimum atomic E-state index is -3.43. The van der Waals surface area contributed by atoms with Gasteiger partial charge in [-0.2, -0.15) is 0 Å². The van der Waals surface area contributed by atoms with E-state index >= 15 is 0 Å². The Bertz CT molecular complexity index is 539. The lowest BCUT2D eigenvalue weighted by atomic mass is 9.97. The first kappa shape index (κ1) is 17.4. The van der Waals surface area contributed by atoms with Crippen LogP contribution in [0.15, 0.2) is 24.3 Å². The Morgan fingerprint density at radius 3 is 2.85 bits per heavy atom. The molecule has 0 spiro atoms. The van der Waals surface area contributed by atoms with Crippen molar-refractivity contribution in [2.75, 3.05) is 13.1 Å². The normalized spacial score (nSPS) is 23.1. The molecule has 1 aromatic carbocycles. The molecule has 0 radical (unpaired) electrons. The fraction of sp³-hybridized carbons (Fsp3) is 0.538. The summed E-state index contributed by atoms with van der Waals surface area (Å²) in [5, 5.41) is 3.22. The van der Waals surface area contributed by atoms with Gasteiger partial charge in [0.25, 0.3) is 0 Å². The lowest BCUT2D eigenvalue weighted by molar-refractivity contribution is 0.328. The SMILES string of the molecule is CC1CNCCC1NS(=O)(=O)Cc1cccc(F)c1.Cl. The van der Waals surface area contributed by atoms with E-state index in [9.17, 15) is 12.8 Å². The third-order valence-electron chi connectivity index (χ3n) is 3.36. The highest BCUT2D eigenvalue weighted by atomic mass is 35.5. The molecule has 2 rings (SSSR count). The van der Waals surface area contributed by atoms with Crippen LogP contribution >= 0.6 is 12.4 Å². The predicted molar refractivity (Wildman–Crippen MR) is 79.8 cm³/mol. The van der Waals surface area contributed by atoms with Gasteiger partial charge in [0.1, 0.15) is 5.82 Å². The van der Waals surface area contributed by atoms with Gasteiger partial charge in [-0.1, -0.05) is 19.1 Å². The highest BCUT2D eigenvalue weighted by Gasteiger charge is 2.25. The van der Waals surface area contributed by atoms with Crippen LogP contribution in [0.5, 0.6) is 0 Å². The molecule has 0 aliphatic carbocycles. The average Bonchev–Trinajstić information content (AvgIpc) is 2.31. The van der Waals surface area contributed by atoms with Gasteiger partial charge < -0.3 is 5.32 Å². The summed E-state index contributed by atoms with van der Waals surface area (Å²) in [6.45, 7) is 3.65. The molecular formula is C13H20ClFN2O2S. The number of hydrogen-bond donors (Lipinski definition) is 2. The van der Waals surface area contributed by atoms with Crippen molar-refractivity contribution in [3.63, 3.8) is 0 Å². The Morgan fingerprint density at radius 1 is 1.45 bits per heavy atom. The number of sulfonamides is 1. The van der Waals surface area contributed by atoms with Gasteiger partial charge in [0, 0.05) is 6.04 Å². The zero-order chi connectivity index (χ0) is 13.9. The first-order valence-corrected chi connectivity index (χ1v) is 8.07. The molecule has 0 bridgehead atoms. The Kier molecular flexibility index (Phi) is 6.39. The van der Waals surface area contributed by atoms with E-state index in [1.54, 1.807) is 6.07 Å². The first-order chi connectivity index (χ1) is 8.96. The molecule has 7 heteroatoms. The van der Waals surface area contributed by atoms with Crippen molar-refractivity contribution in [2.24, 2.45) is 5.92 Å². The molecule has 2 atom stereocenters. The fourth-order valence-electron chi connectivity index (χ4n) is 2.31. The molecule has 1 fully saturated rings. The molecule has 0 amide bonds. The average molecular weight is 323 g/mol. The Morgan fingerprint density at radius 2 is 2.20 bits per heavy atom. The Balaban J connectivity index is 0.00000200. The monoisotopic (exact) mass is 322 g/mol. The molecule has 2 N–H and O–H groups in total. The van der Waals surface area contributed by atoms with E-state index < -0.39 is 15.8 Å². The molecule has 4 nitrogen and oxygen atoms in total. The molecule has 1 saturated heterocycles. The highest BCUT2D eigenvalue weighted by Crippen LogP contribution is 2.14. The van der Waals surface area contributed by atoms with E-state index in [2.05, 4.69) is 10.0 Å². The zero-order valence-corrected chi connectivity index (χ0v) is 12.9. The van der Waals surface area contributed by atoms with Crippen LogP contribution in [0.4, 0.5) is 4.39 Å². The maximum Gasteiger partial charge on any atom is 0.216 e. The summed E-state index contributed by atoms with van der Waals surface area (Å²) in [6, 6.07) is 5.66. The summed E-state index contributed by atoms with van der Waals surface area (Å²) in [5.74, 6) is -0.333. The largest absolute Gasteiger partial charge is 0.316 e. The molecular weight excluding hydrogens is 303 g/mol. The second-order valence-electron chi connectivity index (χ2n) is 5.08. The van der Waals surface area contributed by atoms with Crippen LogP contribution < -0.4 is 10.0 Å². The molecule has 114 valence electrons. The topological polar surface area (TPSA) is 58.2 Å². The van der Waals surface area contributed by atoms with E-state index in [1.165, 1.54) is 18.2 Å². The highest BCUT2D eigenvalue weighted by molar-refractivity contribution is 7.88. The Hall–Kier alpha value is -0.690.